The number of nitrogens with zero attached hydrogens (tertiary/aromatic N) is 2. The molecule has 8 nitrogen and oxygen atoms in total. The Morgan fingerprint density at radius 2 is 1.54 bits per heavy atom. The Labute approximate surface area is 135 Å². The molecule has 0 unspecified atom stereocenters. The molecule has 3 amide bonds. The van der Waals surface area contributed by atoms with Crippen molar-refractivity contribution in [1.82, 2.24) is 10.4 Å². The predicted octanol–water partition coefficient (Wildman–Crippen LogP) is 1.46. The molecule has 0 aliphatic carbocycles. The molecule has 8 heteroatoms. The van der Waals surface area contributed by atoms with E-state index in [2.05, 4.69) is 5.43 Å². The predicted molar refractivity (Wildman–Crippen MR) is 81.9 cm³/mol. The number of nitrogens with one attached hydrogen (secondary N) is 1. The summed E-state index contributed by atoms with van der Waals surface area (Å²) in [6, 6.07) is 11.7. The Bertz CT molecular complexity index is 825. The van der Waals surface area contributed by atoms with Crippen LogP contribution < -0.4 is 5.43 Å². The molecule has 0 saturated heterocycles. The van der Waals surface area contributed by atoms with E-state index in [1.165, 1.54) is 36.4 Å². The van der Waals surface area contributed by atoms with Crippen LogP contribution in [-0.2, 0) is 11.2 Å². The Kier molecular flexibility index (Phi) is 3.78. The first-order chi connectivity index (χ1) is 11.5. The van der Waals surface area contributed by atoms with E-state index >= 15 is 0 Å². The molecule has 3 rings (SSSR count). The second-order valence-corrected chi connectivity index (χ2v) is 5.13. The van der Waals surface area contributed by atoms with Crippen LogP contribution >= 0.6 is 0 Å². The number of nitro benzene ring substituents is 1. The summed E-state index contributed by atoms with van der Waals surface area (Å²) in [6.45, 7) is 0. The number of benzene rings is 2. The number of carbonyl (C=O) groups excluding carboxylic acids is 3. The van der Waals surface area contributed by atoms with Gasteiger partial charge in [-0.3, -0.25) is 29.9 Å². The van der Waals surface area contributed by atoms with Crippen molar-refractivity contribution in [2.24, 2.45) is 0 Å². The zero-order valence-corrected chi connectivity index (χ0v) is 12.3. The van der Waals surface area contributed by atoms with Crippen molar-refractivity contribution in [3.8, 4) is 0 Å². The topological polar surface area (TPSA) is 110 Å². The fourth-order valence-corrected chi connectivity index (χ4v) is 2.38. The maximum Gasteiger partial charge on any atom is 0.280 e. The van der Waals surface area contributed by atoms with E-state index in [4.69, 9.17) is 0 Å². The van der Waals surface area contributed by atoms with Crippen LogP contribution in [0.4, 0.5) is 5.69 Å². The third-order valence-electron chi connectivity index (χ3n) is 3.54. The molecule has 0 atom stereocenters. The molecule has 0 radical (unpaired) electrons. The lowest BCUT2D eigenvalue weighted by molar-refractivity contribution is -0.384. The van der Waals surface area contributed by atoms with Gasteiger partial charge >= 0.3 is 0 Å². The van der Waals surface area contributed by atoms with Gasteiger partial charge in [0.25, 0.3) is 17.5 Å². The summed E-state index contributed by atoms with van der Waals surface area (Å²) in [7, 11) is 0. The summed E-state index contributed by atoms with van der Waals surface area (Å²) < 4.78 is 0. The van der Waals surface area contributed by atoms with Gasteiger partial charge in [-0.1, -0.05) is 24.3 Å². The zero-order valence-electron chi connectivity index (χ0n) is 12.3. The third kappa shape index (κ3) is 2.72. The average Bonchev–Trinajstić information content (AvgIpc) is 2.81. The minimum atomic E-state index is -0.590. The van der Waals surface area contributed by atoms with Crippen LogP contribution in [0.15, 0.2) is 48.5 Å². The van der Waals surface area contributed by atoms with E-state index in [1.807, 2.05) is 0 Å². The average molecular weight is 325 g/mol. The highest BCUT2D eigenvalue weighted by atomic mass is 16.6. The summed E-state index contributed by atoms with van der Waals surface area (Å²) in [4.78, 5) is 46.3. The van der Waals surface area contributed by atoms with Crippen LogP contribution in [0, 0.1) is 10.1 Å². The van der Waals surface area contributed by atoms with Crippen molar-refractivity contribution >= 4 is 23.4 Å². The van der Waals surface area contributed by atoms with Gasteiger partial charge in [0, 0.05) is 12.1 Å². The van der Waals surface area contributed by atoms with Crippen molar-refractivity contribution < 1.29 is 19.3 Å². The number of imide groups is 1. The zero-order chi connectivity index (χ0) is 17.3. The van der Waals surface area contributed by atoms with E-state index in [1.54, 1.807) is 12.1 Å². The lowest BCUT2D eigenvalue weighted by Gasteiger charge is -2.14. The minimum Gasteiger partial charge on any atom is -0.273 e. The first-order valence-corrected chi connectivity index (χ1v) is 6.98. The van der Waals surface area contributed by atoms with Crippen LogP contribution in [0.5, 0.6) is 0 Å². The molecule has 120 valence electrons. The molecule has 0 saturated carbocycles. The quantitative estimate of drug-likeness (QED) is 0.520. The molecule has 24 heavy (non-hydrogen) atoms. The Balaban J connectivity index is 1.69. The van der Waals surface area contributed by atoms with Crippen LogP contribution in [0.2, 0.25) is 0 Å². The number of nitro groups is 1. The number of non-ortho nitro benzene ring substituents is 1. The van der Waals surface area contributed by atoms with Crippen LogP contribution in [0.1, 0.15) is 26.3 Å². The van der Waals surface area contributed by atoms with E-state index in [-0.39, 0.29) is 23.2 Å². The van der Waals surface area contributed by atoms with Gasteiger partial charge in [-0.2, -0.15) is 5.01 Å². The summed E-state index contributed by atoms with van der Waals surface area (Å²) in [5.41, 5.74) is 3.18. The lowest BCUT2D eigenvalue weighted by Crippen LogP contribution is -2.46. The molecule has 0 fully saturated rings. The molecule has 0 aromatic heterocycles. The second kappa shape index (κ2) is 5.92. The number of hydrogen-bond acceptors (Lipinski definition) is 5. The molecule has 0 bridgehead atoms. The van der Waals surface area contributed by atoms with Crippen molar-refractivity contribution in [1.29, 1.82) is 0 Å². The lowest BCUT2D eigenvalue weighted by atomic mass is 10.1. The Morgan fingerprint density at radius 3 is 2.04 bits per heavy atom. The first kappa shape index (κ1) is 15.3. The van der Waals surface area contributed by atoms with Gasteiger partial charge in [0.05, 0.1) is 22.5 Å². The molecule has 1 N–H and O–H groups in total. The summed E-state index contributed by atoms with van der Waals surface area (Å²) in [5.74, 6) is -1.75. The maximum atomic E-state index is 12.1. The number of hydrazine groups is 1. The van der Waals surface area contributed by atoms with Gasteiger partial charge in [0.15, 0.2) is 0 Å². The molecule has 1 aliphatic heterocycles. The van der Waals surface area contributed by atoms with Crippen molar-refractivity contribution in [3.63, 3.8) is 0 Å². The Hall–Kier alpha value is -3.55. The molecule has 1 aliphatic rings. The summed E-state index contributed by atoms with van der Waals surface area (Å²) >= 11 is 0. The van der Waals surface area contributed by atoms with Gasteiger partial charge in [-0.25, -0.2) is 0 Å². The monoisotopic (exact) mass is 325 g/mol. The highest BCUT2D eigenvalue weighted by Crippen LogP contribution is 2.20. The van der Waals surface area contributed by atoms with Crippen molar-refractivity contribution in [3.05, 3.63) is 75.3 Å². The van der Waals surface area contributed by atoms with Gasteiger partial charge in [0.2, 0.25) is 5.91 Å². The molecular formula is C16H11N3O5. The largest absolute Gasteiger partial charge is 0.280 e. The number of hydrogen-bond donors (Lipinski definition) is 1. The third-order valence-corrected chi connectivity index (χ3v) is 3.54. The van der Waals surface area contributed by atoms with Gasteiger partial charge in [-0.05, 0) is 17.7 Å². The first-order valence-electron chi connectivity index (χ1n) is 6.98. The highest BCUT2D eigenvalue weighted by molar-refractivity contribution is 6.21. The van der Waals surface area contributed by atoms with Gasteiger partial charge < -0.3 is 0 Å². The number of carbonyl (C=O) groups is 3. The summed E-state index contributed by atoms with van der Waals surface area (Å²) in [5, 5.41) is 11.3. The number of rotatable bonds is 4. The molecule has 1 heterocycles. The number of fused-ring (bicyclic) bond motifs is 1. The van der Waals surface area contributed by atoms with Gasteiger partial charge in [-0.15, -0.1) is 0 Å². The normalized spacial score (nSPS) is 12.9. The molecule has 2 aromatic carbocycles. The smallest absolute Gasteiger partial charge is 0.273 e. The molecule has 0 spiro atoms. The van der Waals surface area contributed by atoms with E-state index in [0.717, 1.165) is 0 Å². The van der Waals surface area contributed by atoms with E-state index in [0.29, 0.717) is 10.6 Å². The minimum absolute atomic E-state index is 0.0838. The highest BCUT2D eigenvalue weighted by Gasteiger charge is 2.36. The van der Waals surface area contributed by atoms with E-state index < -0.39 is 22.6 Å². The molecule has 2 aromatic rings. The maximum absolute atomic E-state index is 12.1. The second-order valence-electron chi connectivity index (χ2n) is 5.13. The standard InChI is InChI=1S/C16H11N3O5/c20-14(9-10-5-7-11(8-6-10)19(23)24)17-18-15(21)12-3-1-2-4-13(12)16(18)22/h1-8H,9H2,(H,17,20). The molecular weight excluding hydrogens is 314 g/mol. The van der Waals surface area contributed by atoms with Crippen molar-refractivity contribution in [2.75, 3.05) is 0 Å². The Morgan fingerprint density at radius 1 is 1.00 bits per heavy atom. The SMILES string of the molecule is O=C(Cc1ccc([N+](=O)[O-])cc1)NN1C(=O)c2ccccc2C1=O. The number of amides is 3. The van der Waals surface area contributed by atoms with Gasteiger partial charge in [0.1, 0.15) is 0 Å². The van der Waals surface area contributed by atoms with Crippen LogP contribution in [0.25, 0.3) is 0 Å². The van der Waals surface area contributed by atoms with Crippen LogP contribution in [0.3, 0.4) is 0 Å². The fraction of sp³-hybridized carbons (Fsp3) is 0.0625. The van der Waals surface area contributed by atoms with Crippen molar-refractivity contribution in [2.45, 2.75) is 6.42 Å². The van der Waals surface area contributed by atoms with Crippen LogP contribution in [-0.4, -0.2) is 27.7 Å². The summed E-state index contributed by atoms with van der Waals surface area (Å²) in [6.07, 6.45) is -0.120. The fourth-order valence-electron chi connectivity index (χ4n) is 2.38. The van der Waals surface area contributed by atoms with E-state index in [9.17, 15) is 24.5 Å².